The number of likely N-dealkylation sites (tertiary alicyclic amines) is 1. The number of morpholine rings is 1. The average Bonchev–Trinajstić information content (AvgIpc) is 3.53. The number of amides is 3. The van der Waals surface area contributed by atoms with Gasteiger partial charge in [-0.3, -0.25) is 14.5 Å². The minimum Gasteiger partial charge on any atom is -0.492 e. The second-order valence-electron chi connectivity index (χ2n) is 18.9. The zero-order valence-electron chi connectivity index (χ0n) is 37.1. The van der Waals surface area contributed by atoms with E-state index in [2.05, 4.69) is 27.8 Å². The van der Waals surface area contributed by atoms with E-state index in [1.54, 1.807) is 16.9 Å². The van der Waals surface area contributed by atoms with Gasteiger partial charge in [0.2, 0.25) is 11.8 Å². The van der Waals surface area contributed by atoms with Gasteiger partial charge in [0.15, 0.2) is 5.82 Å². The van der Waals surface area contributed by atoms with Crippen molar-refractivity contribution in [2.45, 2.75) is 123 Å². The highest BCUT2D eigenvalue weighted by Gasteiger charge is 2.61. The maximum absolute atomic E-state index is 14.8. The third-order valence-electron chi connectivity index (χ3n) is 12.5. The summed E-state index contributed by atoms with van der Waals surface area (Å²) in [5.41, 5.74) is -1.60. The minimum absolute atomic E-state index is 0.0102. The fourth-order valence-electron chi connectivity index (χ4n) is 8.94. The summed E-state index contributed by atoms with van der Waals surface area (Å²) in [5.74, 6) is 0.266. The molecule has 7 atom stereocenters. The number of pyridine rings is 1. The van der Waals surface area contributed by atoms with E-state index in [4.69, 9.17) is 29.0 Å². The molecule has 3 amide bonds. The fourth-order valence-corrected chi connectivity index (χ4v) is 8.94. The zero-order chi connectivity index (χ0) is 44.3. The van der Waals surface area contributed by atoms with Crippen molar-refractivity contribution in [3.63, 3.8) is 0 Å². The monoisotopic (exact) mass is 860 g/mol. The van der Waals surface area contributed by atoms with Gasteiger partial charge < -0.3 is 44.9 Å². The molecule has 4 N–H and O–H groups in total. The average molecular weight is 861 g/mol. The number of carbonyl (C=O) groups excluding carboxylic acids is 3. The summed E-state index contributed by atoms with van der Waals surface area (Å²) in [6.45, 7) is 17.9. The number of alkyl carbamates (subject to hydrolysis) is 1. The third kappa shape index (κ3) is 10.4. The second kappa shape index (κ2) is 18.7. The number of nitrogens with zero attached hydrogens (tertiary/aromatic N) is 5. The van der Waals surface area contributed by atoms with Gasteiger partial charge in [0.25, 0.3) is 0 Å². The summed E-state index contributed by atoms with van der Waals surface area (Å²) in [5, 5.41) is 24.6. The smallest absolute Gasteiger partial charge is 0.408 e. The Morgan fingerprint density at radius 1 is 1.05 bits per heavy atom. The van der Waals surface area contributed by atoms with Crippen molar-refractivity contribution in [1.29, 1.82) is 0 Å². The lowest BCUT2D eigenvalue weighted by Crippen LogP contribution is -2.59. The molecule has 7 rings (SSSR count). The molecule has 1 aromatic carbocycles. The number of hydrogen-bond donors (Lipinski definition) is 4. The Labute approximate surface area is 363 Å². The van der Waals surface area contributed by atoms with Gasteiger partial charge in [0.05, 0.1) is 25.3 Å². The predicted octanol–water partition coefficient (Wildman–Crippen LogP) is 5.00. The van der Waals surface area contributed by atoms with E-state index in [0.717, 1.165) is 38.9 Å². The van der Waals surface area contributed by atoms with E-state index in [0.29, 0.717) is 72.6 Å². The van der Waals surface area contributed by atoms with Gasteiger partial charge in [-0.1, -0.05) is 41.0 Å². The first-order valence-electron chi connectivity index (χ1n) is 22.2. The molecular weight excluding hydrogens is 797 g/mol. The number of anilines is 1. The van der Waals surface area contributed by atoms with Crippen LogP contribution in [0, 0.1) is 17.3 Å². The van der Waals surface area contributed by atoms with Crippen LogP contribution in [0.3, 0.4) is 0 Å². The van der Waals surface area contributed by atoms with Crippen LogP contribution in [0.15, 0.2) is 36.5 Å². The standard InChI is InChI=1S/C45H64N8O9/c1-8-29-25-45(29,42(56)57)49-40(54)35-23-32(26-52(35)41(55)39(44(5,6)7)48-43(58)62-31-10-9-28(4)21-31)61-36-24-38(53-14-13-37(50-53)46-27(2)3)47-34-22-30(11-12-33(34)36)60-20-17-51-15-18-59-19-16-51/h11-14,22,24,27-29,31-32,35,39H,8-10,15-21,23,25-26H2,1-7H3,(H,46,50)(H,48,58)(H,49,54)(H,56,57)/t28?,29?,31?,32-,35?,39?,45-/m1/s1. The number of aromatic nitrogens is 3. The number of ether oxygens (including phenoxy) is 4. The van der Waals surface area contributed by atoms with Gasteiger partial charge in [-0.2, -0.15) is 0 Å². The predicted molar refractivity (Wildman–Crippen MR) is 231 cm³/mol. The van der Waals surface area contributed by atoms with Crippen LogP contribution in [0.25, 0.3) is 16.7 Å². The Morgan fingerprint density at radius 3 is 2.48 bits per heavy atom. The first-order valence-corrected chi connectivity index (χ1v) is 22.2. The number of carboxylic acids is 1. The molecule has 17 nitrogen and oxygen atoms in total. The molecule has 2 aliphatic heterocycles. The highest BCUT2D eigenvalue weighted by atomic mass is 16.6. The Balaban J connectivity index is 1.18. The summed E-state index contributed by atoms with van der Waals surface area (Å²) >= 11 is 0. The highest BCUT2D eigenvalue weighted by Crippen LogP contribution is 2.46. The molecule has 338 valence electrons. The maximum atomic E-state index is 14.8. The number of fused-ring (bicyclic) bond motifs is 1. The number of carbonyl (C=O) groups is 4. The molecule has 4 aliphatic rings. The lowest BCUT2D eigenvalue weighted by atomic mass is 9.85. The normalized spacial score (nSPS) is 25.7. The van der Waals surface area contributed by atoms with Crippen molar-refractivity contribution < 1.29 is 43.2 Å². The van der Waals surface area contributed by atoms with Gasteiger partial charge >= 0.3 is 12.1 Å². The number of hydrogen-bond acceptors (Lipinski definition) is 12. The topological polar surface area (TPSA) is 199 Å². The number of nitrogens with one attached hydrogen (secondary N) is 3. The molecule has 2 aromatic heterocycles. The van der Waals surface area contributed by atoms with Crippen molar-refractivity contribution in [2.24, 2.45) is 17.3 Å². The van der Waals surface area contributed by atoms with E-state index in [9.17, 15) is 24.3 Å². The zero-order valence-corrected chi connectivity index (χ0v) is 37.1. The number of aliphatic carboxylic acids is 1. The minimum atomic E-state index is -1.41. The Kier molecular flexibility index (Phi) is 13.5. The summed E-state index contributed by atoms with van der Waals surface area (Å²) in [4.78, 5) is 63.6. The molecule has 2 aliphatic carbocycles. The molecule has 4 heterocycles. The van der Waals surface area contributed by atoms with Crippen molar-refractivity contribution in [1.82, 2.24) is 35.2 Å². The number of benzene rings is 1. The maximum Gasteiger partial charge on any atom is 0.408 e. The highest BCUT2D eigenvalue weighted by molar-refractivity contribution is 5.96. The van der Waals surface area contributed by atoms with Crippen LogP contribution in [0.2, 0.25) is 0 Å². The van der Waals surface area contributed by atoms with Crippen LogP contribution in [0.1, 0.15) is 87.0 Å². The van der Waals surface area contributed by atoms with Crippen LogP contribution < -0.4 is 25.4 Å². The Hall–Kier alpha value is -5.16. The quantitative estimate of drug-likeness (QED) is 0.150. The van der Waals surface area contributed by atoms with Gasteiger partial charge in [0, 0.05) is 61.9 Å². The molecule has 0 bridgehead atoms. The van der Waals surface area contributed by atoms with Gasteiger partial charge in [-0.25, -0.2) is 19.3 Å². The molecule has 0 spiro atoms. The van der Waals surface area contributed by atoms with E-state index >= 15 is 0 Å². The van der Waals surface area contributed by atoms with Crippen molar-refractivity contribution in [3.8, 4) is 17.3 Å². The summed E-state index contributed by atoms with van der Waals surface area (Å²) in [6, 6.07) is 7.25. The van der Waals surface area contributed by atoms with Crippen LogP contribution in [0.5, 0.6) is 11.5 Å². The summed E-state index contributed by atoms with van der Waals surface area (Å²) in [7, 11) is 0. The molecule has 5 unspecified atom stereocenters. The first-order chi connectivity index (χ1) is 29.5. The lowest BCUT2D eigenvalue weighted by molar-refractivity contribution is -0.146. The molecule has 17 heteroatoms. The van der Waals surface area contributed by atoms with Gasteiger partial charge in [0.1, 0.15) is 53.8 Å². The molecule has 62 heavy (non-hydrogen) atoms. The van der Waals surface area contributed by atoms with E-state index in [1.165, 1.54) is 4.90 Å². The largest absolute Gasteiger partial charge is 0.492 e. The van der Waals surface area contributed by atoms with Gasteiger partial charge in [-0.05, 0) is 68.9 Å². The van der Waals surface area contributed by atoms with Crippen molar-refractivity contribution >= 4 is 40.6 Å². The van der Waals surface area contributed by atoms with Gasteiger partial charge in [-0.15, -0.1) is 5.10 Å². The van der Waals surface area contributed by atoms with Crippen LogP contribution >= 0.6 is 0 Å². The number of rotatable bonds is 16. The molecular formula is C45H64N8O9. The van der Waals surface area contributed by atoms with E-state index in [1.807, 2.05) is 65.8 Å². The van der Waals surface area contributed by atoms with Crippen LogP contribution in [-0.2, 0) is 23.9 Å². The third-order valence-corrected chi connectivity index (χ3v) is 12.5. The molecule has 0 radical (unpaired) electrons. The molecule has 4 fully saturated rings. The summed E-state index contributed by atoms with van der Waals surface area (Å²) < 4.78 is 25.9. The fraction of sp³-hybridized carbons (Fsp3) is 0.644. The SMILES string of the molecule is CCC1C[C@]1(NC(=O)C1C[C@@H](Oc2cc(-n3ccc(NC(C)C)n3)nc3cc(OCCN4CCOCC4)ccc23)CN1C(=O)C(NC(=O)OC1CCC(C)C1)C(C)(C)C)C(=O)O. The van der Waals surface area contributed by atoms with Crippen LogP contribution in [0.4, 0.5) is 10.6 Å². The van der Waals surface area contributed by atoms with E-state index < -0.39 is 53.0 Å². The molecule has 2 saturated carbocycles. The first kappa shape index (κ1) is 44.9. The van der Waals surface area contributed by atoms with E-state index in [-0.39, 0.29) is 31.0 Å². The van der Waals surface area contributed by atoms with Crippen molar-refractivity contribution in [2.75, 3.05) is 51.3 Å². The van der Waals surface area contributed by atoms with Crippen molar-refractivity contribution in [3.05, 3.63) is 36.5 Å². The molecule has 2 saturated heterocycles. The Bertz CT molecular complexity index is 2100. The molecule has 3 aromatic rings. The summed E-state index contributed by atoms with van der Waals surface area (Å²) in [6.07, 6.45) is 3.58. The Morgan fingerprint density at radius 2 is 1.82 bits per heavy atom. The number of carboxylic acid groups (broad SMARTS) is 1. The van der Waals surface area contributed by atoms with Crippen LogP contribution in [-0.4, -0.2) is 135 Å². The second-order valence-corrected chi connectivity index (χ2v) is 18.9. The lowest BCUT2D eigenvalue weighted by Gasteiger charge is -2.35.